The molecule has 0 amide bonds. The smallest absolute Gasteiger partial charge is 0.286 e. The first-order valence-corrected chi connectivity index (χ1v) is 14.1. The van der Waals surface area contributed by atoms with Gasteiger partial charge in [-0.2, -0.15) is 127 Å². The number of rotatable bonds is 17. The first-order valence-electron chi connectivity index (χ1n) is 11.0. The minimum atomic E-state index is -9.96. The zero-order valence-electron chi connectivity index (χ0n) is 22.2. The van der Waals surface area contributed by atoms with Crippen molar-refractivity contribution in [1.29, 1.82) is 0 Å². The van der Waals surface area contributed by atoms with Crippen LogP contribution in [0.1, 0.15) is 6.42 Å². The van der Waals surface area contributed by atoms with Gasteiger partial charge < -0.3 is 0 Å². The first-order chi connectivity index (χ1) is 21.5. The molecule has 0 aliphatic rings. The normalized spacial score (nSPS) is 16.9. The molecule has 0 fully saturated rings. The molecule has 0 atom stereocenters. The SMILES string of the molecule is O=S(=O)(O)CCCNS(=O)(=O)C(F)(F)C(F)(F)C(F)(F)C(F)(F)C(F)(F)C(F)(F)C(F)(F)C(F)(F)C(F)(F)C(F)(F)C(F)(F)C(F)(F)C(F)(F)F. The van der Waals surface area contributed by atoms with E-state index < -0.39 is 115 Å². The molecule has 51 heavy (non-hydrogen) atoms. The third-order valence-corrected chi connectivity index (χ3v) is 8.19. The predicted molar refractivity (Wildman–Crippen MR) is 103 cm³/mol. The maximum absolute atomic E-state index is 13.9. The fourth-order valence-electron chi connectivity index (χ4n) is 2.86. The monoisotopic (exact) mass is 871 g/mol. The van der Waals surface area contributed by atoms with E-state index in [4.69, 9.17) is 4.55 Å². The van der Waals surface area contributed by atoms with E-state index in [2.05, 4.69) is 0 Å². The standard InChI is InChI=1S/C16H8F27NO5S2/c17-4(18,5(19,20)7(23,24)9(27,28)11(31,32)13(35,36)15(39,40)41)6(21,22)8(25,26)10(29,30)12(33,34)14(37,38)16(42,43)51(48,49)44-2-1-3-50(45,46)47/h44H,1-3H2,(H,45,46,47). The average Bonchev–Trinajstić information content (AvgIpc) is 2.88. The van der Waals surface area contributed by atoms with Gasteiger partial charge in [-0.05, 0) is 6.42 Å². The summed E-state index contributed by atoms with van der Waals surface area (Å²) in [5.74, 6) is -107. The number of hydrogen-bond acceptors (Lipinski definition) is 4. The lowest BCUT2D eigenvalue weighted by Gasteiger charge is -2.46. The number of halogens is 27. The summed E-state index contributed by atoms with van der Waals surface area (Å²) in [6, 6.07) is 0. The lowest BCUT2D eigenvalue weighted by Crippen LogP contribution is -2.79. The van der Waals surface area contributed by atoms with Gasteiger partial charge in [0.1, 0.15) is 0 Å². The average molecular weight is 871 g/mol. The van der Waals surface area contributed by atoms with Crippen molar-refractivity contribution in [3.8, 4) is 0 Å². The summed E-state index contributed by atoms with van der Waals surface area (Å²) < 4.78 is 415. The van der Waals surface area contributed by atoms with E-state index in [1.807, 2.05) is 0 Å². The summed E-state index contributed by atoms with van der Waals surface area (Å²) in [6.45, 7) is -2.06. The zero-order valence-corrected chi connectivity index (χ0v) is 23.9. The molecule has 0 aromatic carbocycles. The third-order valence-electron chi connectivity index (χ3n) is 5.87. The number of sulfonamides is 1. The summed E-state index contributed by atoms with van der Waals surface area (Å²) >= 11 is 0. The second-order valence-corrected chi connectivity index (χ2v) is 12.8. The van der Waals surface area contributed by atoms with Crippen LogP contribution in [0, 0.1) is 0 Å². The van der Waals surface area contributed by atoms with Gasteiger partial charge in [-0.25, -0.2) is 13.1 Å². The summed E-state index contributed by atoms with van der Waals surface area (Å²) in [7, 11) is -13.1. The van der Waals surface area contributed by atoms with E-state index in [9.17, 15) is 135 Å². The maximum atomic E-state index is 13.9. The molecule has 0 saturated heterocycles. The Morgan fingerprint density at radius 1 is 0.373 bits per heavy atom. The van der Waals surface area contributed by atoms with Gasteiger partial charge in [-0.15, -0.1) is 0 Å². The molecular formula is C16H8F27NO5S2. The molecular weight excluding hydrogens is 863 g/mol. The van der Waals surface area contributed by atoms with E-state index in [0.29, 0.717) is 0 Å². The van der Waals surface area contributed by atoms with Gasteiger partial charge >= 0.3 is 76.6 Å². The van der Waals surface area contributed by atoms with E-state index in [1.165, 1.54) is 0 Å². The zero-order chi connectivity index (χ0) is 42.3. The Kier molecular flexibility index (Phi) is 12.0. The van der Waals surface area contributed by atoms with Crippen LogP contribution < -0.4 is 4.72 Å². The minimum Gasteiger partial charge on any atom is -0.286 e. The molecule has 0 unspecified atom stereocenters. The molecule has 0 radical (unpaired) electrons. The first kappa shape index (κ1) is 48.9. The van der Waals surface area contributed by atoms with Crippen molar-refractivity contribution < 1.29 is 140 Å². The molecule has 0 aliphatic heterocycles. The van der Waals surface area contributed by atoms with E-state index in [1.54, 1.807) is 0 Å². The van der Waals surface area contributed by atoms with Crippen LogP contribution in [0.3, 0.4) is 0 Å². The Balaban J connectivity index is 7.36. The maximum Gasteiger partial charge on any atom is 0.460 e. The highest BCUT2D eigenvalue weighted by Crippen LogP contribution is 2.68. The van der Waals surface area contributed by atoms with Gasteiger partial charge in [0.2, 0.25) is 0 Å². The van der Waals surface area contributed by atoms with Crippen molar-refractivity contribution in [2.24, 2.45) is 0 Å². The third kappa shape index (κ3) is 6.58. The van der Waals surface area contributed by atoms with Crippen LogP contribution >= 0.6 is 0 Å². The molecule has 0 heterocycles. The molecule has 2 N–H and O–H groups in total. The molecule has 308 valence electrons. The highest BCUT2D eigenvalue weighted by Gasteiger charge is 3.00. The largest absolute Gasteiger partial charge is 0.460 e. The number of nitrogens with one attached hydrogen (secondary N) is 1. The molecule has 35 heteroatoms. The Morgan fingerprint density at radius 2 is 0.588 bits per heavy atom. The second kappa shape index (κ2) is 12.5. The van der Waals surface area contributed by atoms with Crippen molar-refractivity contribution in [2.75, 3.05) is 12.3 Å². The van der Waals surface area contributed by atoms with Gasteiger partial charge in [-0.3, -0.25) is 4.55 Å². The van der Waals surface area contributed by atoms with E-state index in [0.717, 1.165) is 0 Å². The fourth-order valence-corrected chi connectivity index (χ4v) is 4.42. The van der Waals surface area contributed by atoms with Crippen LogP contribution in [-0.4, -0.2) is 110 Å². The van der Waals surface area contributed by atoms with Crippen LogP contribution in [-0.2, 0) is 20.1 Å². The topological polar surface area (TPSA) is 101 Å². The summed E-state index contributed by atoms with van der Waals surface area (Å²) in [5.41, 5.74) is 0. The van der Waals surface area contributed by atoms with Gasteiger partial charge in [0.15, 0.2) is 0 Å². The van der Waals surface area contributed by atoms with Crippen molar-refractivity contribution in [2.45, 2.75) is 83.0 Å². The van der Waals surface area contributed by atoms with E-state index in [-0.39, 0.29) is 4.72 Å². The quantitative estimate of drug-likeness (QED) is 0.0907. The van der Waals surface area contributed by atoms with Gasteiger partial charge in [0.25, 0.3) is 20.1 Å². The minimum absolute atomic E-state index is 0.0285. The Bertz CT molecular complexity index is 1500. The molecule has 0 saturated carbocycles. The lowest BCUT2D eigenvalue weighted by atomic mass is 9.84. The van der Waals surface area contributed by atoms with Crippen LogP contribution in [0.25, 0.3) is 0 Å². The van der Waals surface area contributed by atoms with Crippen molar-refractivity contribution in [3.05, 3.63) is 0 Å². The van der Waals surface area contributed by atoms with Crippen molar-refractivity contribution >= 4 is 20.1 Å². The van der Waals surface area contributed by atoms with E-state index >= 15 is 0 Å². The molecule has 6 nitrogen and oxygen atoms in total. The fraction of sp³-hybridized carbons (Fsp3) is 1.00. The Hall–Kier alpha value is -2.07. The summed E-state index contributed by atoms with van der Waals surface area (Å²) in [4.78, 5) is 0. The molecule has 0 aromatic heterocycles. The van der Waals surface area contributed by atoms with Crippen molar-refractivity contribution in [1.82, 2.24) is 4.72 Å². The number of hydrogen-bond donors (Lipinski definition) is 2. The Morgan fingerprint density at radius 3 is 0.804 bits per heavy atom. The van der Waals surface area contributed by atoms with Crippen LogP contribution in [0.15, 0.2) is 0 Å². The molecule has 0 bridgehead atoms. The van der Waals surface area contributed by atoms with Crippen LogP contribution in [0.4, 0.5) is 119 Å². The van der Waals surface area contributed by atoms with Gasteiger partial charge in [0, 0.05) is 6.54 Å². The highest BCUT2D eigenvalue weighted by molar-refractivity contribution is 7.90. The molecule has 0 rings (SSSR count). The van der Waals surface area contributed by atoms with Crippen LogP contribution in [0.2, 0.25) is 0 Å². The highest BCUT2D eigenvalue weighted by atomic mass is 32.2. The van der Waals surface area contributed by atoms with Gasteiger partial charge in [0.05, 0.1) is 5.75 Å². The van der Waals surface area contributed by atoms with Crippen molar-refractivity contribution in [3.63, 3.8) is 0 Å². The molecule has 0 aromatic rings. The summed E-state index contributed by atoms with van der Waals surface area (Å²) in [5, 5.41) is -8.17. The lowest BCUT2D eigenvalue weighted by molar-refractivity contribution is -0.483. The second-order valence-electron chi connectivity index (χ2n) is 9.37. The van der Waals surface area contributed by atoms with Gasteiger partial charge in [-0.1, -0.05) is 0 Å². The van der Waals surface area contributed by atoms with Crippen LogP contribution in [0.5, 0.6) is 0 Å². The molecule has 0 aliphatic carbocycles. The Labute approximate surface area is 261 Å². The summed E-state index contributed by atoms with van der Waals surface area (Å²) in [6.07, 6.45) is -9.86. The molecule has 0 spiro atoms. The predicted octanol–water partition coefficient (Wildman–Crippen LogP) is 7.33. The number of alkyl halides is 27.